The molecule has 184 valence electrons. The zero-order valence-corrected chi connectivity index (χ0v) is 22.0. The van der Waals surface area contributed by atoms with Crippen molar-refractivity contribution in [1.82, 2.24) is 0 Å². The highest BCUT2D eigenvalue weighted by atomic mass is 15.1. The lowest BCUT2D eigenvalue weighted by molar-refractivity contribution is 0.721. The van der Waals surface area contributed by atoms with Crippen LogP contribution in [0.3, 0.4) is 0 Å². The van der Waals surface area contributed by atoms with E-state index in [9.17, 15) is 0 Å². The average molecular weight is 482 g/mol. The molecule has 1 nitrogen and oxygen atoms in total. The van der Waals surface area contributed by atoms with Crippen LogP contribution in [-0.2, 0) is 5.41 Å². The summed E-state index contributed by atoms with van der Waals surface area (Å²) in [6.45, 7) is 7.46. The van der Waals surface area contributed by atoms with E-state index in [1.54, 1.807) is 0 Å². The van der Waals surface area contributed by atoms with E-state index < -0.39 is 0 Å². The third kappa shape index (κ3) is 4.47. The third-order valence-corrected chi connectivity index (χ3v) is 7.36. The van der Waals surface area contributed by atoms with Crippen LogP contribution >= 0.6 is 0 Å². The van der Waals surface area contributed by atoms with Gasteiger partial charge in [-0.25, -0.2) is 0 Å². The van der Waals surface area contributed by atoms with Crippen molar-refractivity contribution < 1.29 is 0 Å². The molecule has 0 spiro atoms. The Morgan fingerprint density at radius 2 is 1.22 bits per heavy atom. The van der Waals surface area contributed by atoms with Gasteiger partial charge in [0.2, 0.25) is 0 Å². The number of hydrogen-bond acceptors (Lipinski definition) is 1. The van der Waals surface area contributed by atoms with Crippen molar-refractivity contribution in [2.24, 2.45) is 0 Å². The van der Waals surface area contributed by atoms with Gasteiger partial charge in [0, 0.05) is 18.3 Å². The van der Waals surface area contributed by atoms with Crippen LogP contribution in [0.4, 0.5) is 5.69 Å². The summed E-state index contributed by atoms with van der Waals surface area (Å²) in [6.07, 6.45) is 9.17. The number of allylic oxidation sites excluding steroid dienone is 5. The molecule has 0 unspecified atom stereocenters. The maximum absolute atomic E-state index is 2.45. The van der Waals surface area contributed by atoms with Gasteiger partial charge in [0.15, 0.2) is 0 Å². The first kappa shape index (κ1) is 24.6. The Hall–Kier alpha value is -4.10. The largest absolute Gasteiger partial charge is 0.365 e. The van der Waals surface area contributed by atoms with Gasteiger partial charge in [-0.2, -0.15) is 0 Å². The molecule has 0 amide bonds. The van der Waals surface area contributed by atoms with Gasteiger partial charge >= 0.3 is 0 Å². The summed E-state index contributed by atoms with van der Waals surface area (Å²) in [5, 5.41) is 0. The number of nitrogens with zero attached hydrogens (tertiary/aromatic N) is 1. The predicted molar refractivity (Wildman–Crippen MR) is 159 cm³/mol. The van der Waals surface area contributed by atoms with E-state index in [4.69, 9.17) is 0 Å². The van der Waals surface area contributed by atoms with E-state index in [1.165, 1.54) is 39.1 Å². The van der Waals surface area contributed by atoms with Crippen molar-refractivity contribution in [1.29, 1.82) is 0 Å². The van der Waals surface area contributed by atoms with Gasteiger partial charge in [-0.3, -0.25) is 0 Å². The summed E-state index contributed by atoms with van der Waals surface area (Å²) in [6, 6.07) is 42.0. The Morgan fingerprint density at radius 3 is 1.78 bits per heavy atom. The number of fused-ring (bicyclic) bond motifs is 1. The molecule has 0 aliphatic heterocycles. The van der Waals surface area contributed by atoms with Crippen LogP contribution in [0.25, 0.3) is 5.57 Å². The van der Waals surface area contributed by atoms with Gasteiger partial charge in [-0.1, -0.05) is 127 Å². The Bertz CT molecular complexity index is 1370. The molecule has 0 fully saturated rings. The Balaban J connectivity index is 1.72. The SMILES string of the molecule is C/C=C\C1=C(/C=C\CN(c2ccccc2)C(C)C)C(c2ccccc2)(c2ccccc2)c2ccccc21. The van der Waals surface area contributed by atoms with Crippen LogP contribution in [0.15, 0.2) is 145 Å². The van der Waals surface area contributed by atoms with Crippen molar-refractivity contribution in [2.75, 3.05) is 11.4 Å². The van der Waals surface area contributed by atoms with Crippen molar-refractivity contribution in [3.8, 4) is 0 Å². The van der Waals surface area contributed by atoms with Crippen molar-refractivity contribution >= 4 is 11.3 Å². The maximum atomic E-state index is 2.45. The topological polar surface area (TPSA) is 3.24 Å². The molecule has 1 aliphatic rings. The van der Waals surface area contributed by atoms with Crippen LogP contribution in [0.2, 0.25) is 0 Å². The van der Waals surface area contributed by atoms with Gasteiger partial charge in [0.05, 0.1) is 5.41 Å². The summed E-state index contributed by atoms with van der Waals surface area (Å²) >= 11 is 0. The van der Waals surface area contributed by atoms with E-state index in [0.717, 1.165) is 6.54 Å². The summed E-state index contributed by atoms with van der Waals surface area (Å²) in [4.78, 5) is 2.45. The molecule has 4 aromatic carbocycles. The highest BCUT2D eigenvalue weighted by Crippen LogP contribution is 2.55. The molecule has 4 aromatic rings. The maximum Gasteiger partial charge on any atom is 0.0713 e. The molecular weight excluding hydrogens is 446 g/mol. The highest BCUT2D eigenvalue weighted by molar-refractivity contribution is 5.91. The van der Waals surface area contributed by atoms with Gasteiger partial charge in [0.1, 0.15) is 0 Å². The highest BCUT2D eigenvalue weighted by Gasteiger charge is 2.46. The molecule has 5 rings (SSSR count). The van der Waals surface area contributed by atoms with Gasteiger partial charge in [-0.05, 0) is 66.3 Å². The predicted octanol–water partition coefficient (Wildman–Crippen LogP) is 8.84. The lowest BCUT2D eigenvalue weighted by Crippen LogP contribution is -2.31. The molecule has 0 heterocycles. The molecule has 1 heteroatoms. The van der Waals surface area contributed by atoms with E-state index in [1.807, 2.05) is 0 Å². The second-order valence-corrected chi connectivity index (χ2v) is 9.84. The lowest BCUT2D eigenvalue weighted by Gasteiger charge is -2.35. The summed E-state index contributed by atoms with van der Waals surface area (Å²) in [7, 11) is 0. The van der Waals surface area contributed by atoms with Crippen molar-refractivity contribution in [3.05, 3.63) is 167 Å². The normalized spacial score (nSPS) is 14.6. The molecule has 0 saturated heterocycles. The smallest absolute Gasteiger partial charge is 0.0713 e. The van der Waals surface area contributed by atoms with E-state index in [-0.39, 0.29) is 5.41 Å². The lowest BCUT2D eigenvalue weighted by atomic mass is 9.66. The van der Waals surface area contributed by atoms with Crippen LogP contribution in [0, 0.1) is 0 Å². The summed E-state index contributed by atoms with van der Waals surface area (Å²) in [5.41, 5.74) is 8.68. The second kappa shape index (κ2) is 10.9. The number of hydrogen-bond donors (Lipinski definition) is 0. The van der Waals surface area contributed by atoms with Gasteiger partial charge in [-0.15, -0.1) is 0 Å². The third-order valence-electron chi connectivity index (χ3n) is 7.36. The number of rotatable bonds is 8. The minimum Gasteiger partial charge on any atom is -0.365 e. The van der Waals surface area contributed by atoms with E-state index >= 15 is 0 Å². The van der Waals surface area contributed by atoms with Gasteiger partial charge < -0.3 is 4.90 Å². The Labute approximate surface area is 222 Å². The fraction of sp³-hybridized carbons (Fsp3) is 0.167. The number of para-hydroxylation sites is 1. The first-order valence-electron chi connectivity index (χ1n) is 13.2. The van der Waals surface area contributed by atoms with Crippen LogP contribution in [-0.4, -0.2) is 12.6 Å². The molecule has 37 heavy (non-hydrogen) atoms. The first-order chi connectivity index (χ1) is 18.2. The fourth-order valence-electron chi connectivity index (χ4n) is 5.78. The molecule has 0 N–H and O–H groups in total. The average Bonchev–Trinajstić information content (AvgIpc) is 3.22. The number of anilines is 1. The second-order valence-electron chi connectivity index (χ2n) is 9.84. The molecule has 0 atom stereocenters. The summed E-state index contributed by atoms with van der Waals surface area (Å²) in [5.74, 6) is 0. The zero-order valence-electron chi connectivity index (χ0n) is 22.0. The fourth-order valence-corrected chi connectivity index (χ4v) is 5.78. The summed E-state index contributed by atoms with van der Waals surface area (Å²) < 4.78 is 0. The standard InChI is InChI=1S/C36H35N/c1-4-17-32-33-24-14-15-25-34(33)36(29-18-8-5-9-19-29,30-20-10-6-11-21-30)35(32)26-16-27-37(28(2)3)31-22-12-7-13-23-31/h4-26,28H,27H2,1-3H3/b17-4-,26-16-. The molecular formula is C36H35N. The quantitative estimate of drug-likeness (QED) is 0.243. The van der Waals surface area contributed by atoms with Crippen molar-refractivity contribution in [2.45, 2.75) is 32.2 Å². The van der Waals surface area contributed by atoms with Gasteiger partial charge in [0.25, 0.3) is 0 Å². The molecule has 0 aromatic heterocycles. The molecule has 0 bridgehead atoms. The monoisotopic (exact) mass is 481 g/mol. The van der Waals surface area contributed by atoms with Crippen LogP contribution in [0.5, 0.6) is 0 Å². The van der Waals surface area contributed by atoms with Crippen molar-refractivity contribution in [3.63, 3.8) is 0 Å². The molecule has 1 aliphatic carbocycles. The van der Waals surface area contributed by atoms with E-state index in [2.05, 4.69) is 165 Å². The Morgan fingerprint density at radius 1 is 0.676 bits per heavy atom. The first-order valence-corrected chi connectivity index (χ1v) is 13.2. The zero-order chi connectivity index (χ0) is 25.7. The minimum atomic E-state index is -0.389. The van der Waals surface area contributed by atoms with E-state index in [0.29, 0.717) is 6.04 Å². The van der Waals surface area contributed by atoms with Crippen LogP contribution < -0.4 is 4.90 Å². The minimum absolute atomic E-state index is 0.389. The molecule has 0 saturated carbocycles. The Kier molecular flexibility index (Phi) is 7.23. The molecule has 0 radical (unpaired) electrons. The number of benzene rings is 4. The van der Waals surface area contributed by atoms with Crippen LogP contribution in [0.1, 0.15) is 43.0 Å².